The Morgan fingerprint density at radius 2 is 1.85 bits per heavy atom. The van der Waals surface area contributed by atoms with Gasteiger partial charge in [0.2, 0.25) is 0 Å². The van der Waals surface area contributed by atoms with Gasteiger partial charge in [-0.05, 0) is 30.5 Å². The Bertz CT molecular complexity index is 421. The van der Waals surface area contributed by atoms with E-state index in [2.05, 4.69) is 5.32 Å². The molecule has 3 N–H and O–H groups in total. The zero-order chi connectivity index (χ0) is 15.2. The molecule has 0 saturated carbocycles. The second-order valence-electron chi connectivity index (χ2n) is 4.89. The molecule has 1 unspecified atom stereocenters. The summed E-state index contributed by atoms with van der Waals surface area (Å²) in [6, 6.07) is 5.83. The standard InChI is InChI=1S/C14H22N2O4/c1-3-14(4-2,10-17)15-9-13(18)11-5-7-12(8-6-11)16(19)20/h5-8,13,15,17-18H,3-4,9-10H2,1-2H3. The third-order valence-electron chi connectivity index (χ3n) is 3.82. The van der Waals surface area contributed by atoms with Crippen LogP contribution >= 0.6 is 0 Å². The first-order valence-electron chi connectivity index (χ1n) is 6.76. The number of hydrogen-bond donors (Lipinski definition) is 3. The van der Waals surface area contributed by atoms with Crippen LogP contribution in [-0.4, -0.2) is 33.8 Å². The molecule has 112 valence electrons. The lowest BCUT2D eigenvalue weighted by atomic mass is 9.93. The molecule has 1 aromatic carbocycles. The molecule has 6 nitrogen and oxygen atoms in total. The summed E-state index contributed by atoms with van der Waals surface area (Å²) in [5.41, 5.74) is 0.227. The molecule has 0 radical (unpaired) electrons. The number of rotatable bonds is 8. The van der Waals surface area contributed by atoms with Crippen LogP contribution in [0.25, 0.3) is 0 Å². The molecule has 0 aromatic heterocycles. The van der Waals surface area contributed by atoms with Gasteiger partial charge in [0.1, 0.15) is 0 Å². The average molecular weight is 282 g/mol. The summed E-state index contributed by atoms with van der Waals surface area (Å²) in [6.07, 6.45) is 0.750. The van der Waals surface area contributed by atoms with E-state index in [-0.39, 0.29) is 17.8 Å². The first-order valence-corrected chi connectivity index (χ1v) is 6.76. The van der Waals surface area contributed by atoms with Gasteiger partial charge < -0.3 is 15.5 Å². The maximum absolute atomic E-state index is 10.6. The number of nitro groups is 1. The van der Waals surface area contributed by atoms with E-state index < -0.39 is 11.0 Å². The quantitative estimate of drug-likeness (QED) is 0.499. The van der Waals surface area contributed by atoms with Crippen LogP contribution in [-0.2, 0) is 0 Å². The van der Waals surface area contributed by atoms with Crippen LogP contribution < -0.4 is 5.32 Å². The summed E-state index contributed by atoms with van der Waals surface area (Å²) in [5, 5.41) is 33.3. The van der Waals surface area contributed by atoms with Gasteiger partial charge >= 0.3 is 0 Å². The van der Waals surface area contributed by atoms with Crippen LogP contribution in [0.3, 0.4) is 0 Å². The van der Waals surface area contributed by atoms with E-state index in [1.807, 2.05) is 13.8 Å². The molecular formula is C14H22N2O4. The van der Waals surface area contributed by atoms with Crippen molar-refractivity contribution in [2.45, 2.75) is 38.3 Å². The van der Waals surface area contributed by atoms with E-state index >= 15 is 0 Å². The van der Waals surface area contributed by atoms with Crippen LogP contribution in [0.2, 0.25) is 0 Å². The Hall–Kier alpha value is -1.50. The Kier molecular flexibility index (Phi) is 6.06. The van der Waals surface area contributed by atoms with Crippen molar-refractivity contribution >= 4 is 5.69 Å². The average Bonchev–Trinajstić information content (AvgIpc) is 2.49. The van der Waals surface area contributed by atoms with Gasteiger partial charge in [-0.25, -0.2) is 0 Å². The number of β-amino-alcohol motifs (C(OH)–C–C–N with tert-alkyl or cyclic N) is 1. The molecule has 0 aliphatic rings. The van der Waals surface area contributed by atoms with Gasteiger partial charge in [0.05, 0.1) is 17.6 Å². The molecule has 0 spiro atoms. The number of aliphatic hydroxyl groups is 2. The highest BCUT2D eigenvalue weighted by molar-refractivity contribution is 5.33. The minimum Gasteiger partial charge on any atom is -0.394 e. The SMILES string of the molecule is CCC(CC)(CO)NCC(O)c1ccc([N+](=O)[O-])cc1. The molecule has 0 bridgehead atoms. The number of benzene rings is 1. The second-order valence-corrected chi connectivity index (χ2v) is 4.89. The molecule has 1 atom stereocenters. The number of nitrogens with one attached hydrogen (secondary N) is 1. The first kappa shape index (κ1) is 16.6. The van der Waals surface area contributed by atoms with Crippen LogP contribution in [0.15, 0.2) is 24.3 Å². The largest absolute Gasteiger partial charge is 0.394 e. The molecule has 6 heteroatoms. The van der Waals surface area contributed by atoms with Gasteiger partial charge in [-0.1, -0.05) is 13.8 Å². The molecule has 0 heterocycles. The van der Waals surface area contributed by atoms with Gasteiger partial charge in [0.15, 0.2) is 0 Å². The maximum Gasteiger partial charge on any atom is 0.269 e. The third kappa shape index (κ3) is 4.00. The fourth-order valence-electron chi connectivity index (χ4n) is 2.03. The highest BCUT2D eigenvalue weighted by Gasteiger charge is 2.25. The fraction of sp³-hybridized carbons (Fsp3) is 0.571. The Balaban J connectivity index is 2.66. The second kappa shape index (κ2) is 7.33. The molecule has 0 amide bonds. The monoisotopic (exact) mass is 282 g/mol. The molecular weight excluding hydrogens is 260 g/mol. The first-order chi connectivity index (χ1) is 9.48. The van der Waals surface area contributed by atoms with Crippen molar-refractivity contribution in [1.82, 2.24) is 5.32 Å². The summed E-state index contributed by atoms with van der Waals surface area (Å²) in [7, 11) is 0. The summed E-state index contributed by atoms with van der Waals surface area (Å²) in [5.74, 6) is 0. The molecule has 0 saturated heterocycles. The number of nitrogens with zero attached hydrogens (tertiary/aromatic N) is 1. The zero-order valence-corrected chi connectivity index (χ0v) is 11.9. The summed E-state index contributed by atoms with van der Waals surface area (Å²) >= 11 is 0. The van der Waals surface area contributed by atoms with Gasteiger partial charge in [0, 0.05) is 24.2 Å². The van der Waals surface area contributed by atoms with Crippen molar-refractivity contribution in [2.75, 3.05) is 13.2 Å². The van der Waals surface area contributed by atoms with Crippen molar-refractivity contribution in [3.05, 3.63) is 39.9 Å². The predicted octanol–water partition coefficient (Wildman–Crippen LogP) is 1.77. The summed E-state index contributed by atoms with van der Waals surface area (Å²) in [6.45, 7) is 4.25. The summed E-state index contributed by atoms with van der Waals surface area (Å²) in [4.78, 5) is 10.1. The predicted molar refractivity (Wildman–Crippen MR) is 76.5 cm³/mol. The molecule has 1 aromatic rings. The number of aliphatic hydroxyl groups excluding tert-OH is 2. The van der Waals surface area contributed by atoms with Crippen LogP contribution in [0.1, 0.15) is 38.4 Å². The van der Waals surface area contributed by atoms with Crippen molar-refractivity contribution < 1.29 is 15.1 Å². The minimum atomic E-state index is -0.764. The van der Waals surface area contributed by atoms with E-state index in [0.717, 1.165) is 12.8 Å². The number of hydrogen-bond acceptors (Lipinski definition) is 5. The van der Waals surface area contributed by atoms with Gasteiger partial charge in [-0.15, -0.1) is 0 Å². The molecule has 1 rings (SSSR count). The number of non-ortho nitro benzene ring substituents is 1. The number of nitro benzene ring substituents is 1. The molecule has 20 heavy (non-hydrogen) atoms. The normalized spacial score (nSPS) is 13.2. The van der Waals surface area contributed by atoms with Crippen LogP contribution in [0, 0.1) is 10.1 Å². The van der Waals surface area contributed by atoms with Crippen LogP contribution in [0.5, 0.6) is 0 Å². The van der Waals surface area contributed by atoms with E-state index in [1.165, 1.54) is 12.1 Å². The van der Waals surface area contributed by atoms with Crippen LogP contribution in [0.4, 0.5) is 5.69 Å². The fourth-order valence-corrected chi connectivity index (χ4v) is 2.03. The third-order valence-corrected chi connectivity index (χ3v) is 3.82. The van der Waals surface area contributed by atoms with E-state index in [4.69, 9.17) is 0 Å². The van der Waals surface area contributed by atoms with Crippen molar-refractivity contribution in [1.29, 1.82) is 0 Å². The highest BCUT2D eigenvalue weighted by Crippen LogP contribution is 2.19. The molecule has 0 fully saturated rings. The van der Waals surface area contributed by atoms with Crippen molar-refractivity contribution in [3.63, 3.8) is 0 Å². The smallest absolute Gasteiger partial charge is 0.269 e. The maximum atomic E-state index is 10.6. The van der Waals surface area contributed by atoms with E-state index in [1.54, 1.807) is 12.1 Å². The highest BCUT2D eigenvalue weighted by atomic mass is 16.6. The lowest BCUT2D eigenvalue weighted by Crippen LogP contribution is -2.49. The lowest BCUT2D eigenvalue weighted by molar-refractivity contribution is -0.384. The Morgan fingerprint density at radius 3 is 2.25 bits per heavy atom. The van der Waals surface area contributed by atoms with Crippen molar-refractivity contribution in [2.24, 2.45) is 0 Å². The van der Waals surface area contributed by atoms with Gasteiger partial charge in [0.25, 0.3) is 5.69 Å². The van der Waals surface area contributed by atoms with Gasteiger partial charge in [-0.2, -0.15) is 0 Å². The lowest BCUT2D eigenvalue weighted by Gasteiger charge is -2.32. The summed E-state index contributed by atoms with van der Waals surface area (Å²) < 4.78 is 0. The topological polar surface area (TPSA) is 95.6 Å². The van der Waals surface area contributed by atoms with Gasteiger partial charge in [-0.3, -0.25) is 10.1 Å². The van der Waals surface area contributed by atoms with E-state index in [0.29, 0.717) is 12.1 Å². The zero-order valence-electron chi connectivity index (χ0n) is 11.9. The Morgan fingerprint density at radius 1 is 1.30 bits per heavy atom. The molecule has 0 aliphatic heterocycles. The van der Waals surface area contributed by atoms with E-state index in [9.17, 15) is 20.3 Å². The van der Waals surface area contributed by atoms with Crippen molar-refractivity contribution in [3.8, 4) is 0 Å². The molecule has 0 aliphatic carbocycles. The Labute approximate surface area is 118 Å². The minimum absolute atomic E-state index is 0.000676.